The Balaban J connectivity index is 2.00. The van der Waals surface area contributed by atoms with Gasteiger partial charge in [0.2, 0.25) is 0 Å². The summed E-state index contributed by atoms with van der Waals surface area (Å²) >= 11 is 1.29. The topological polar surface area (TPSA) is 46.5 Å². The number of carboxylic acid groups (broad SMARTS) is 1. The molecule has 0 atom stereocenters. The summed E-state index contributed by atoms with van der Waals surface area (Å²) in [6, 6.07) is 1.85. The van der Waals surface area contributed by atoms with Crippen LogP contribution in [-0.4, -0.2) is 17.2 Å². The van der Waals surface area contributed by atoms with Crippen LogP contribution in [-0.2, 0) is 0 Å². The first-order chi connectivity index (χ1) is 8.60. The number of hydrogen-bond acceptors (Lipinski definition) is 3. The van der Waals surface area contributed by atoms with Crippen LogP contribution in [0.1, 0.15) is 53.6 Å². The summed E-state index contributed by atoms with van der Waals surface area (Å²) < 4.78 is 5.89. The van der Waals surface area contributed by atoms with Crippen molar-refractivity contribution in [3.63, 3.8) is 0 Å². The predicted octanol–water partition coefficient (Wildman–Crippen LogP) is 4.10. The van der Waals surface area contributed by atoms with Crippen molar-refractivity contribution in [1.29, 1.82) is 0 Å². The first-order valence-corrected chi connectivity index (χ1v) is 7.42. The van der Waals surface area contributed by atoms with Crippen LogP contribution >= 0.6 is 11.3 Å². The van der Waals surface area contributed by atoms with Gasteiger partial charge in [0.15, 0.2) is 4.88 Å². The number of ether oxygens (including phenoxy) is 1. The zero-order chi connectivity index (χ0) is 13.1. The van der Waals surface area contributed by atoms with E-state index in [1.807, 2.05) is 13.0 Å². The highest BCUT2D eigenvalue weighted by Gasteiger charge is 2.24. The van der Waals surface area contributed by atoms with Gasteiger partial charge in [0.25, 0.3) is 0 Å². The molecule has 100 valence electrons. The fourth-order valence-electron chi connectivity index (χ4n) is 2.57. The maximum absolute atomic E-state index is 11.1. The molecule has 0 bridgehead atoms. The molecule has 0 unspecified atom stereocenters. The quantitative estimate of drug-likeness (QED) is 0.894. The fourth-order valence-corrected chi connectivity index (χ4v) is 3.35. The highest BCUT2D eigenvalue weighted by molar-refractivity contribution is 7.14. The minimum atomic E-state index is -0.884. The van der Waals surface area contributed by atoms with Crippen LogP contribution in [0.2, 0.25) is 0 Å². The van der Waals surface area contributed by atoms with Crippen molar-refractivity contribution in [2.24, 2.45) is 5.92 Å². The summed E-state index contributed by atoms with van der Waals surface area (Å²) in [5, 5.41) is 9.12. The number of carbonyl (C=O) groups is 1. The van der Waals surface area contributed by atoms with E-state index in [1.165, 1.54) is 30.6 Å². The largest absolute Gasteiger partial charge is 0.489 e. The van der Waals surface area contributed by atoms with Gasteiger partial charge in [-0.3, -0.25) is 0 Å². The molecule has 0 spiro atoms. The molecule has 18 heavy (non-hydrogen) atoms. The number of aryl methyl sites for hydroxylation is 1. The van der Waals surface area contributed by atoms with Crippen molar-refractivity contribution >= 4 is 17.3 Å². The first kappa shape index (κ1) is 13.4. The van der Waals surface area contributed by atoms with Crippen LogP contribution in [0.3, 0.4) is 0 Å². The average Bonchev–Trinajstić information content (AvgIpc) is 2.71. The maximum Gasteiger partial charge on any atom is 0.349 e. The summed E-state index contributed by atoms with van der Waals surface area (Å²) in [6.45, 7) is 4.15. The number of thiophene rings is 1. The average molecular weight is 268 g/mol. The predicted molar refractivity (Wildman–Crippen MR) is 72.7 cm³/mol. The second-order valence-electron chi connectivity index (χ2n) is 5.02. The standard InChI is InChI=1S/C14H20O3S/c1-3-10-4-6-11(7-5-10)17-12-8-9(2)18-13(12)14(15)16/h8,10-11H,3-7H2,1-2H3,(H,15,16). The number of carboxylic acids is 1. The monoisotopic (exact) mass is 268 g/mol. The van der Waals surface area contributed by atoms with Crippen molar-refractivity contribution in [2.45, 2.75) is 52.1 Å². The molecule has 4 heteroatoms. The van der Waals surface area contributed by atoms with E-state index in [1.54, 1.807) is 0 Å². The minimum Gasteiger partial charge on any atom is -0.489 e. The molecule has 0 saturated heterocycles. The normalized spacial score (nSPS) is 23.9. The summed E-state index contributed by atoms with van der Waals surface area (Å²) in [7, 11) is 0. The second-order valence-corrected chi connectivity index (χ2v) is 6.28. The first-order valence-electron chi connectivity index (χ1n) is 6.60. The Morgan fingerprint density at radius 1 is 1.44 bits per heavy atom. The second kappa shape index (κ2) is 5.74. The van der Waals surface area contributed by atoms with Crippen molar-refractivity contribution in [1.82, 2.24) is 0 Å². The lowest BCUT2D eigenvalue weighted by Crippen LogP contribution is -2.24. The third-order valence-corrected chi connectivity index (χ3v) is 4.70. The smallest absolute Gasteiger partial charge is 0.349 e. The van der Waals surface area contributed by atoms with E-state index in [0.29, 0.717) is 10.6 Å². The summed E-state index contributed by atoms with van der Waals surface area (Å²) in [4.78, 5) is 12.4. The Hall–Kier alpha value is -1.03. The third kappa shape index (κ3) is 3.05. The van der Waals surface area contributed by atoms with Gasteiger partial charge in [-0.25, -0.2) is 4.79 Å². The molecule has 1 heterocycles. The molecule has 1 aromatic heterocycles. The van der Waals surface area contributed by atoms with E-state index in [-0.39, 0.29) is 6.10 Å². The van der Waals surface area contributed by atoms with Gasteiger partial charge in [0, 0.05) is 4.88 Å². The number of aromatic carboxylic acids is 1. The van der Waals surface area contributed by atoms with Gasteiger partial charge >= 0.3 is 5.97 Å². The van der Waals surface area contributed by atoms with Crippen molar-refractivity contribution in [2.75, 3.05) is 0 Å². The van der Waals surface area contributed by atoms with E-state index in [2.05, 4.69) is 6.92 Å². The van der Waals surface area contributed by atoms with E-state index in [4.69, 9.17) is 9.84 Å². The van der Waals surface area contributed by atoms with Crippen molar-refractivity contribution < 1.29 is 14.6 Å². The molecule has 1 aromatic rings. The zero-order valence-electron chi connectivity index (χ0n) is 10.9. The van der Waals surface area contributed by atoms with E-state index in [0.717, 1.165) is 23.6 Å². The lowest BCUT2D eigenvalue weighted by Gasteiger charge is -2.28. The Morgan fingerprint density at radius 3 is 2.67 bits per heavy atom. The van der Waals surface area contributed by atoms with Gasteiger partial charge in [-0.1, -0.05) is 13.3 Å². The Kier molecular flexibility index (Phi) is 4.27. The van der Waals surface area contributed by atoms with Crippen LogP contribution in [0.4, 0.5) is 0 Å². The molecule has 0 aliphatic heterocycles. The molecule has 0 amide bonds. The fraction of sp³-hybridized carbons (Fsp3) is 0.643. The molecule has 2 rings (SSSR count). The Labute approximate surface area is 112 Å². The molecule has 1 aliphatic carbocycles. The summed E-state index contributed by atoms with van der Waals surface area (Å²) in [6.07, 6.45) is 5.93. The summed E-state index contributed by atoms with van der Waals surface area (Å²) in [5.41, 5.74) is 0. The van der Waals surface area contributed by atoms with Gasteiger partial charge in [0.05, 0.1) is 6.10 Å². The van der Waals surface area contributed by atoms with Crippen LogP contribution in [0.25, 0.3) is 0 Å². The molecular formula is C14H20O3S. The lowest BCUT2D eigenvalue weighted by molar-refractivity contribution is 0.0690. The Morgan fingerprint density at radius 2 is 2.11 bits per heavy atom. The molecule has 1 aliphatic rings. The molecule has 0 radical (unpaired) electrons. The van der Waals surface area contributed by atoms with Crippen molar-refractivity contribution in [3.05, 3.63) is 15.8 Å². The van der Waals surface area contributed by atoms with Gasteiger partial charge in [-0.05, 0) is 44.6 Å². The number of rotatable bonds is 4. The van der Waals surface area contributed by atoms with Crippen LogP contribution < -0.4 is 4.74 Å². The van der Waals surface area contributed by atoms with Gasteiger partial charge in [-0.2, -0.15) is 0 Å². The highest BCUT2D eigenvalue weighted by Crippen LogP contribution is 2.34. The lowest BCUT2D eigenvalue weighted by atomic mass is 9.86. The molecule has 0 aromatic carbocycles. The summed E-state index contributed by atoms with van der Waals surface area (Å²) in [5.74, 6) is 0.503. The van der Waals surface area contributed by atoms with E-state index < -0.39 is 5.97 Å². The Bertz CT molecular complexity index is 417. The highest BCUT2D eigenvalue weighted by atomic mass is 32.1. The molecule has 1 fully saturated rings. The van der Waals surface area contributed by atoms with Crippen LogP contribution in [0, 0.1) is 12.8 Å². The van der Waals surface area contributed by atoms with Gasteiger partial charge in [-0.15, -0.1) is 11.3 Å². The van der Waals surface area contributed by atoms with E-state index >= 15 is 0 Å². The van der Waals surface area contributed by atoms with Crippen LogP contribution in [0.15, 0.2) is 6.07 Å². The SMILES string of the molecule is CCC1CCC(Oc2cc(C)sc2C(=O)O)CC1. The van der Waals surface area contributed by atoms with Gasteiger partial charge in [0.1, 0.15) is 5.75 Å². The minimum absolute atomic E-state index is 0.194. The van der Waals surface area contributed by atoms with Crippen LogP contribution in [0.5, 0.6) is 5.75 Å². The zero-order valence-corrected chi connectivity index (χ0v) is 11.8. The van der Waals surface area contributed by atoms with Crippen molar-refractivity contribution in [3.8, 4) is 5.75 Å². The third-order valence-electron chi connectivity index (χ3n) is 3.68. The van der Waals surface area contributed by atoms with Gasteiger partial charge < -0.3 is 9.84 Å². The van der Waals surface area contributed by atoms with E-state index in [9.17, 15) is 4.79 Å². The molecule has 1 N–H and O–H groups in total. The molecule has 3 nitrogen and oxygen atoms in total. The molecule has 1 saturated carbocycles. The maximum atomic E-state index is 11.1. The number of hydrogen-bond donors (Lipinski definition) is 1. The molecular weight excluding hydrogens is 248 g/mol.